The van der Waals surface area contributed by atoms with Gasteiger partial charge < -0.3 is 4.74 Å². The molecule has 0 spiro atoms. The number of likely N-dealkylation sites (N-methyl/N-ethyl adjacent to an activating group) is 1. The van der Waals surface area contributed by atoms with Gasteiger partial charge in [0.05, 0.1) is 13.7 Å². The number of hydrogen-bond donors (Lipinski definition) is 0. The van der Waals surface area contributed by atoms with Crippen LogP contribution in [0.3, 0.4) is 0 Å². The summed E-state index contributed by atoms with van der Waals surface area (Å²) >= 11 is 0. The van der Waals surface area contributed by atoms with Gasteiger partial charge in [-0.05, 0) is 6.08 Å². The third-order valence-corrected chi connectivity index (χ3v) is 1.11. The van der Waals surface area contributed by atoms with Crippen molar-refractivity contribution < 1.29 is 4.74 Å². The van der Waals surface area contributed by atoms with E-state index in [0.29, 0.717) is 5.90 Å². The van der Waals surface area contributed by atoms with Crippen LogP contribution >= 0.6 is 0 Å². The molecule has 1 aliphatic rings. The fraction of sp³-hybridized carbons (Fsp3) is 0.500. The van der Waals surface area contributed by atoms with Crippen molar-refractivity contribution in [1.29, 1.82) is 0 Å². The van der Waals surface area contributed by atoms with E-state index in [1.165, 1.54) is 0 Å². The summed E-state index contributed by atoms with van der Waals surface area (Å²) in [6, 6.07) is 0. The quantitative estimate of drug-likeness (QED) is 0.470. The number of nitrogens with zero attached hydrogens (tertiary/aromatic N) is 2. The molecule has 0 saturated heterocycles. The monoisotopic (exact) mass is 126 g/mol. The van der Waals surface area contributed by atoms with E-state index in [-0.39, 0.29) is 0 Å². The molecule has 1 aliphatic heterocycles. The van der Waals surface area contributed by atoms with Crippen molar-refractivity contribution in [2.24, 2.45) is 5.10 Å². The first-order valence-corrected chi connectivity index (χ1v) is 2.83. The zero-order chi connectivity index (χ0) is 6.69. The molecule has 9 heavy (non-hydrogen) atoms. The maximum Gasteiger partial charge on any atom is 0.230 e. The highest BCUT2D eigenvalue weighted by atomic mass is 16.5. The van der Waals surface area contributed by atoms with Gasteiger partial charge in [-0.3, -0.25) is 5.01 Å². The minimum absolute atomic E-state index is 0.670. The molecule has 0 amide bonds. The minimum Gasteiger partial charge on any atom is -0.480 e. The first kappa shape index (κ1) is 6.13. The van der Waals surface area contributed by atoms with Crippen LogP contribution in [0.1, 0.15) is 0 Å². The summed E-state index contributed by atoms with van der Waals surface area (Å²) in [5, 5.41) is 5.86. The highest BCUT2D eigenvalue weighted by Crippen LogP contribution is 1.95. The molecule has 0 fully saturated rings. The number of hydrazone groups is 1. The van der Waals surface area contributed by atoms with Crippen molar-refractivity contribution in [2.45, 2.75) is 0 Å². The van der Waals surface area contributed by atoms with E-state index in [1.807, 2.05) is 24.2 Å². The van der Waals surface area contributed by atoms with Gasteiger partial charge in [-0.2, -0.15) is 0 Å². The van der Waals surface area contributed by atoms with Gasteiger partial charge in [0.15, 0.2) is 0 Å². The maximum atomic E-state index is 4.88. The largest absolute Gasteiger partial charge is 0.480 e. The Morgan fingerprint density at radius 3 is 3.00 bits per heavy atom. The van der Waals surface area contributed by atoms with Crippen molar-refractivity contribution in [2.75, 3.05) is 20.7 Å². The molecule has 0 radical (unpaired) electrons. The van der Waals surface area contributed by atoms with E-state index < -0.39 is 0 Å². The van der Waals surface area contributed by atoms with Crippen molar-refractivity contribution in [3.05, 3.63) is 12.2 Å². The van der Waals surface area contributed by atoms with E-state index in [2.05, 4.69) is 5.10 Å². The second-order valence-electron chi connectivity index (χ2n) is 1.88. The van der Waals surface area contributed by atoms with E-state index in [1.54, 1.807) is 7.11 Å². The highest BCUT2D eigenvalue weighted by molar-refractivity contribution is 5.87. The SMILES string of the molecule is COC1=NN(C)CC=C1. The van der Waals surface area contributed by atoms with Crippen LogP contribution in [0.5, 0.6) is 0 Å². The molecule has 1 heterocycles. The lowest BCUT2D eigenvalue weighted by atomic mass is 10.4. The number of ether oxygens (including phenoxy) is 1. The number of rotatable bonds is 0. The van der Waals surface area contributed by atoms with E-state index in [4.69, 9.17) is 4.74 Å². The Bertz CT molecular complexity index is 151. The fourth-order valence-electron chi connectivity index (χ4n) is 0.657. The molecule has 0 N–H and O–H groups in total. The Morgan fingerprint density at radius 2 is 2.56 bits per heavy atom. The average Bonchev–Trinajstić information content (AvgIpc) is 1.88. The zero-order valence-corrected chi connectivity index (χ0v) is 5.66. The van der Waals surface area contributed by atoms with Gasteiger partial charge in [0.1, 0.15) is 0 Å². The molecule has 0 aromatic carbocycles. The van der Waals surface area contributed by atoms with Gasteiger partial charge >= 0.3 is 0 Å². The van der Waals surface area contributed by atoms with Crippen molar-refractivity contribution >= 4 is 5.90 Å². The first-order chi connectivity index (χ1) is 4.33. The normalized spacial score (nSPS) is 17.6. The molecule has 0 bridgehead atoms. The standard InChI is InChI=1S/C6H10N2O/c1-8-5-3-4-6(7-8)9-2/h3-4H,5H2,1-2H3. The van der Waals surface area contributed by atoms with Gasteiger partial charge in [0, 0.05) is 7.05 Å². The zero-order valence-electron chi connectivity index (χ0n) is 5.66. The van der Waals surface area contributed by atoms with Gasteiger partial charge in [-0.25, -0.2) is 0 Å². The van der Waals surface area contributed by atoms with Crippen LogP contribution in [-0.2, 0) is 4.74 Å². The third kappa shape index (κ3) is 1.45. The minimum atomic E-state index is 0.670. The van der Waals surface area contributed by atoms with Crippen LogP contribution in [0.2, 0.25) is 0 Å². The summed E-state index contributed by atoms with van der Waals surface area (Å²) < 4.78 is 4.88. The number of methoxy groups -OCH3 is 1. The molecule has 50 valence electrons. The summed E-state index contributed by atoms with van der Waals surface area (Å²) in [6.07, 6.45) is 3.87. The van der Waals surface area contributed by atoms with E-state index in [0.717, 1.165) is 6.54 Å². The second-order valence-corrected chi connectivity index (χ2v) is 1.88. The molecule has 3 heteroatoms. The third-order valence-electron chi connectivity index (χ3n) is 1.11. The second kappa shape index (κ2) is 2.53. The van der Waals surface area contributed by atoms with Crippen LogP contribution < -0.4 is 0 Å². The first-order valence-electron chi connectivity index (χ1n) is 2.83. The van der Waals surface area contributed by atoms with Crippen LogP contribution in [0, 0.1) is 0 Å². The van der Waals surface area contributed by atoms with Crippen molar-refractivity contribution in [3.8, 4) is 0 Å². The predicted molar refractivity (Wildman–Crippen MR) is 36.2 cm³/mol. The predicted octanol–water partition coefficient (Wildman–Crippen LogP) is 0.448. The summed E-state index contributed by atoms with van der Waals surface area (Å²) in [5.41, 5.74) is 0. The number of hydrogen-bond acceptors (Lipinski definition) is 3. The Labute approximate surface area is 54.6 Å². The van der Waals surface area contributed by atoms with E-state index in [9.17, 15) is 0 Å². The molecule has 0 aliphatic carbocycles. The summed E-state index contributed by atoms with van der Waals surface area (Å²) in [7, 11) is 3.52. The Balaban J connectivity index is 2.59. The Kier molecular flexibility index (Phi) is 1.72. The average molecular weight is 126 g/mol. The smallest absolute Gasteiger partial charge is 0.230 e. The van der Waals surface area contributed by atoms with Crippen LogP contribution in [0.4, 0.5) is 0 Å². The van der Waals surface area contributed by atoms with E-state index >= 15 is 0 Å². The molecule has 0 aromatic heterocycles. The van der Waals surface area contributed by atoms with Gasteiger partial charge in [-0.15, -0.1) is 5.10 Å². The lowest BCUT2D eigenvalue weighted by Gasteiger charge is -2.14. The van der Waals surface area contributed by atoms with Crippen LogP contribution in [0.25, 0.3) is 0 Å². The molecule has 0 saturated carbocycles. The summed E-state index contributed by atoms with van der Waals surface area (Å²) in [5.74, 6) is 0.670. The summed E-state index contributed by atoms with van der Waals surface area (Å²) in [6.45, 7) is 0.868. The maximum absolute atomic E-state index is 4.88. The lowest BCUT2D eigenvalue weighted by Crippen LogP contribution is -2.18. The Hall–Kier alpha value is -0.990. The topological polar surface area (TPSA) is 24.8 Å². The molecular formula is C6H10N2O. The molecule has 0 aromatic rings. The molecular weight excluding hydrogens is 116 g/mol. The van der Waals surface area contributed by atoms with Crippen LogP contribution in [-0.4, -0.2) is 31.6 Å². The Morgan fingerprint density at radius 1 is 1.78 bits per heavy atom. The van der Waals surface area contributed by atoms with Crippen molar-refractivity contribution in [3.63, 3.8) is 0 Å². The van der Waals surface area contributed by atoms with Gasteiger partial charge in [0.25, 0.3) is 0 Å². The molecule has 0 unspecified atom stereocenters. The molecule has 1 rings (SSSR count). The molecule has 0 atom stereocenters. The van der Waals surface area contributed by atoms with Crippen LogP contribution in [0.15, 0.2) is 17.3 Å². The van der Waals surface area contributed by atoms with Crippen molar-refractivity contribution in [1.82, 2.24) is 5.01 Å². The summed E-state index contributed by atoms with van der Waals surface area (Å²) in [4.78, 5) is 0. The van der Waals surface area contributed by atoms with Gasteiger partial charge in [0.2, 0.25) is 5.90 Å². The highest BCUT2D eigenvalue weighted by Gasteiger charge is 1.99. The molecule has 3 nitrogen and oxygen atoms in total. The fourth-order valence-corrected chi connectivity index (χ4v) is 0.657. The van der Waals surface area contributed by atoms with Gasteiger partial charge in [-0.1, -0.05) is 6.08 Å². The lowest BCUT2D eigenvalue weighted by molar-refractivity contribution is 0.339.